The summed E-state index contributed by atoms with van der Waals surface area (Å²) in [5.41, 5.74) is -3.43. The van der Waals surface area contributed by atoms with Crippen LogP contribution in [-0.2, 0) is 18.9 Å². The normalized spacial score (nSPS) is 35.8. The largest absolute Gasteiger partial charge is 0.493 e. The van der Waals surface area contributed by atoms with Gasteiger partial charge >= 0.3 is 0 Å². The predicted molar refractivity (Wildman–Crippen MR) is 107 cm³/mol. The number of hydrogen-bond donors (Lipinski definition) is 1. The summed E-state index contributed by atoms with van der Waals surface area (Å²) in [7, 11) is 0. The van der Waals surface area contributed by atoms with Crippen LogP contribution in [0, 0.1) is 56.2 Å². The zero-order chi connectivity index (χ0) is 22.6. The number of ether oxygens (including phenoxy) is 5. The highest BCUT2D eigenvalue weighted by molar-refractivity contribution is 5.89. The molecule has 32 heavy (non-hydrogen) atoms. The van der Waals surface area contributed by atoms with Gasteiger partial charge in [0.2, 0.25) is 17.1 Å². The lowest BCUT2D eigenvalue weighted by Crippen LogP contribution is -2.63. The van der Waals surface area contributed by atoms with E-state index >= 15 is 0 Å². The predicted octanol–water partition coefficient (Wildman–Crippen LogP) is 2.95. The van der Waals surface area contributed by atoms with Gasteiger partial charge in [-0.3, -0.25) is 5.41 Å². The van der Waals surface area contributed by atoms with Gasteiger partial charge in [0.15, 0.2) is 11.2 Å². The molecule has 1 saturated carbocycles. The summed E-state index contributed by atoms with van der Waals surface area (Å²) in [5, 5.41) is 40.0. The van der Waals surface area contributed by atoms with Crippen LogP contribution in [0.1, 0.15) is 37.9 Å². The van der Waals surface area contributed by atoms with Crippen molar-refractivity contribution >= 4 is 5.90 Å². The fourth-order valence-corrected chi connectivity index (χ4v) is 5.81. The summed E-state index contributed by atoms with van der Waals surface area (Å²) >= 11 is 0. The molecule has 1 aliphatic carbocycles. The number of benzene rings is 1. The highest BCUT2D eigenvalue weighted by Gasteiger charge is 2.82. The number of nitrogens with zero attached hydrogens (tertiary/aromatic N) is 3. The van der Waals surface area contributed by atoms with Gasteiger partial charge in [-0.25, -0.2) is 0 Å². The van der Waals surface area contributed by atoms with Gasteiger partial charge in [0.1, 0.15) is 11.9 Å². The molecule has 0 aromatic heterocycles. The molecule has 0 amide bonds. The highest BCUT2D eigenvalue weighted by atomic mass is 16.7. The zero-order valence-corrected chi connectivity index (χ0v) is 17.6. The van der Waals surface area contributed by atoms with Crippen LogP contribution in [0.4, 0.5) is 0 Å². The molecule has 3 aliphatic heterocycles. The van der Waals surface area contributed by atoms with Gasteiger partial charge in [0.05, 0.1) is 43.9 Å². The van der Waals surface area contributed by atoms with E-state index in [1.54, 1.807) is 24.3 Å². The van der Waals surface area contributed by atoms with Gasteiger partial charge in [-0.1, -0.05) is 18.2 Å². The van der Waals surface area contributed by atoms with Crippen LogP contribution in [0.25, 0.3) is 0 Å². The molecule has 2 bridgehead atoms. The summed E-state index contributed by atoms with van der Waals surface area (Å²) in [6.45, 7) is 3.04. The van der Waals surface area contributed by atoms with Crippen LogP contribution in [0.2, 0.25) is 0 Å². The molecule has 1 aromatic rings. The Morgan fingerprint density at radius 3 is 2.47 bits per heavy atom. The summed E-state index contributed by atoms with van der Waals surface area (Å²) in [6, 6.07) is 13.3. The van der Waals surface area contributed by atoms with Gasteiger partial charge in [-0.2, -0.15) is 15.8 Å². The minimum atomic E-state index is -2.05. The van der Waals surface area contributed by atoms with Gasteiger partial charge in [0.25, 0.3) is 0 Å². The second-order valence-corrected chi connectivity index (χ2v) is 8.53. The summed E-state index contributed by atoms with van der Waals surface area (Å²) in [6.07, 6.45) is -0.222. The first-order chi connectivity index (χ1) is 15.5. The Labute approximate surface area is 185 Å². The zero-order valence-electron chi connectivity index (χ0n) is 17.6. The molecule has 3 heterocycles. The number of para-hydroxylation sites is 1. The van der Waals surface area contributed by atoms with Gasteiger partial charge < -0.3 is 23.7 Å². The van der Waals surface area contributed by atoms with E-state index < -0.39 is 40.3 Å². The first-order valence-corrected chi connectivity index (χ1v) is 10.7. The lowest BCUT2D eigenvalue weighted by Gasteiger charge is -2.54. The lowest BCUT2D eigenvalue weighted by atomic mass is 9.51. The Bertz CT molecular complexity index is 1080. The molecular formula is C23H22N4O5. The Balaban J connectivity index is 1.72. The monoisotopic (exact) mass is 434 g/mol. The van der Waals surface area contributed by atoms with Crippen molar-refractivity contribution in [3.63, 3.8) is 0 Å². The molecule has 4 atom stereocenters. The van der Waals surface area contributed by atoms with Crippen molar-refractivity contribution < 1.29 is 23.7 Å². The van der Waals surface area contributed by atoms with E-state index in [1.165, 1.54) is 0 Å². The quantitative estimate of drug-likeness (QED) is 0.765. The molecule has 4 unspecified atom stereocenters. The molecule has 4 aliphatic rings. The van der Waals surface area contributed by atoms with Gasteiger partial charge in [-0.15, -0.1) is 0 Å². The maximum atomic E-state index is 10.5. The lowest BCUT2D eigenvalue weighted by molar-refractivity contribution is -0.330. The fraction of sp³-hybridized carbons (Fsp3) is 0.565. The molecule has 4 fully saturated rings. The Morgan fingerprint density at radius 1 is 1.09 bits per heavy atom. The van der Waals surface area contributed by atoms with Crippen LogP contribution in [-0.4, -0.2) is 37.3 Å². The van der Waals surface area contributed by atoms with Gasteiger partial charge in [-0.05, 0) is 13.0 Å². The van der Waals surface area contributed by atoms with Gasteiger partial charge in [0, 0.05) is 24.8 Å². The molecule has 0 radical (unpaired) electrons. The van der Waals surface area contributed by atoms with Crippen molar-refractivity contribution in [1.82, 2.24) is 0 Å². The summed E-state index contributed by atoms with van der Waals surface area (Å²) in [5.74, 6) is -3.01. The van der Waals surface area contributed by atoms with Crippen molar-refractivity contribution in [2.45, 2.75) is 43.9 Å². The van der Waals surface area contributed by atoms with Crippen molar-refractivity contribution in [2.75, 3.05) is 19.8 Å². The second kappa shape index (κ2) is 6.92. The average Bonchev–Trinajstić information content (AvgIpc) is 3.34. The van der Waals surface area contributed by atoms with Crippen LogP contribution in [0.5, 0.6) is 5.75 Å². The minimum absolute atomic E-state index is 0.188. The number of nitriles is 3. The highest BCUT2D eigenvalue weighted by Crippen LogP contribution is 2.71. The third kappa shape index (κ3) is 2.32. The Hall–Kier alpha value is -3.16. The molecule has 1 spiro atoms. The van der Waals surface area contributed by atoms with Crippen LogP contribution in [0.15, 0.2) is 24.3 Å². The molecule has 9 heteroatoms. The third-order valence-electron chi connectivity index (χ3n) is 7.23. The first-order valence-electron chi connectivity index (χ1n) is 10.7. The standard InChI is InChI=1S/C23H22N4O5/c1-2-28-16-6-4-3-5-15(16)18-20(12-24,13-25)22(14-26)17-11-21(29-9-10-30-21)7-8-23(17,31-18)32-19(22)27/h3-6,17-18,27H,2,7-11H2,1H3. The third-order valence-corrected chi connectivity index (χ3v) is 7.23. The van der Waals surface area contributed by atoms with E-state index in [1.807, 2.05) is 6.92 Å². The average molecular weight is 434 g/mol. The molecule has 3 saturated heterocycles. The Morgan fingerprint density at radius 2 is 1.81 bits per heavy atom. The topological polar surface area (TPSA) is 141 Å². The van der Waals surface area contributed by atoms with E-state index in [0.717, 1.165) is 0 Å². The van der Waals surface area contributed by atoms with E-state index in [-0.39, 0.29) is 6.42 Å². The molecule has 1 aromatic carbocycles. The van der Waals surface area contributed by atoms with Crippen LogP contribution >= 0.6 is 0 Å². The summed E-state index contributed by atoms with van der Waals surface area (Å²) < 4.78 is 30.0. The number of hydrogen-bond acceptors (Lipinski definition) is 9. The van der Waals surface area contributed by atoms with Crippen molar-refractivity contribution in [1.29, 1.82) is 21.2 Å². The molecule has 164 valence electrons. The smallest absolute Gasteiger partial charge is 0.218 e. The maximum Gasteiger partial charge on any atom is 0.218 e. The Kier molecular flexibility index (Phi) is 4.48. The first kappa shape index (κ1) is 20.7. The van der Waals surface area contributed by atoms with Crippen LogP contribution in [0.3, 0.4) is 0 Å². The SMILES string of the molecule is CCOc1ccccc1C1OC23CCC4(CC2C(C#N)(C(=N)O3)C1(C#N)C#N)OCCO4. The number of nitrogens with one attached hydrogen (secondary N) is 1. The minimum Gasteiger partial charge on any atom is -0.493 e. The molecule has 5 rings (SSSR count). The molecular weight excluding hydrogens is 412 g/mol. The fourth-order valence-electron chi connectivity index (χ4n) is 5.81. The van der Waals surface area contributed by atoms with Crippen molar-refractivity contribution in [2.24, 2.45) is 16.7 Å². The van der Waals surface area contributed by atoms with E-state index in [0.29, 0.717) is 44.0 Å². The summed E-state index contributed by atoms with van der Waals surface area (Å²) in [4.78, 5) is 0. The van der Waals surface area contributed by atoms with E-state index in [2.05, 4.69) is 18.2 Å². The molecule has 1 N–H and O–H groups in total. The second-order valence-electron chi connectivity index (χ2n) is 8.53. The molecule has 9 nitrogen and oxygen atoms in total. The number of rotatable bonds is 3. The maximum absolute atomic E-state index is 10.5. The van der Waals surface area contributed by atoms with Crippen molar-refractivity contribution in [3.8, 4) is 24.0 Å². The van der Waals surface area contributed by atoms with E-state index in [4.69, 9.17) is 29.1 Å². The van der Waals surface area contributed by atoms with Crippen LogP contribution < -0.4 is 4.74 Å². The van der Waals surface area contributed by atoms with Crippen molar-refractivity contribution in [3.05, 3.63) is 29.8 Å². The van der Waals surface area contributed by atoms with E-state index in [9.17, 15) is 15.8 Å².